The molecule has 3 rings (SSSR count). The molecular formula is C22H23N3O2S. The predicted octanol–water partition coefficient (Wildman–Crippen LogP) is 4.51. The number of thiazole rings is 1. The van der Waals surface area contributed by atoms with Gasteiger partial charge in [-0.15, -0.1) is 11.3 Å². The van der Waals surface area contributed by atoms with Crippen LogP contribution < -0.4 is 10.6 Å². The van der Waals surface area contributed by atoms with Gasteiger partial charge >= 0.3 is 0 Å². The largest absolute Gasteiger partial charge is 0.340 e. The van der Waals surface area contributed by atoms with Crippen molar-refractivity contribution in [2.75, 3.05) is 5.32 Å². The molecule has 0 saturated carbocycles. The van der Waals surface area contributed by atoms with Gasteiger partial charge in [-0.25, -0.2) is 4.98 Å². The highest BCUT2D eigenvalue weighted by atomic mass is 32.1. The molecule has 0 aliphatic carbocycles. The van der Waals surface area contributed by atoms with Gasteiger partial charge in [0, 0.05) is 16.5 Å². The smallest absolute Gasteiger partial charge is 0.252 e. The minimum atomic E-state index is -0.656. The van der Waals surface area contributed by atoms with Crippen molar-refractivity contribution in [1.82, 2.24) is 10.3 Å². The first-order valence-electron chi connectivity index (χ1n) is 9.14. The van der Waals surface area contributed by atoms with Gasteiger partial charge in [-0.3, -0.25) is 9.59 Å². The highest BCUT2D eigenvalue weighted by Crippen LogP contribution is 2.25. The summed E-state index contributed by atoms with van der Waals surface area (Å²) in [5, 5.41) is 8.11. The first-order valence-corrected chi connectivity index (χ1v) is 10.0. The lowest BCUT2D eigenvalue weighted by Gasteiger charge is -2.21. The summed E-state index contributed by atoms with van der Waals surface area (Å²) in [4.78, 5) is 29.9. The van der Waals surface area contributed by atoms with Gasteiger partial charge in [-0.05, 0) is 24.5 Å². The zero-order valence-corrected chi connectivity index (χ0v) is 16.9. The second kappa shape index (κ2) is 8.80. The molecule has 1 heterocycles. The Kier molecular flexibility index (Phi) is 6.21. The molecule has 5 nitrogen and oxygen atoms in total. The molecule has 2 aromatic carbocycles. The monoisotopic (exact) mass is 393 g/mol. The van der Waals surface area contributed by atoms with Gasteiger partial charge in [0.05, 0.1) is 5.69 Å². The lowest BCUT2D eigenvalue weighted by atomic mass is 10.0. The molecule has 2 N–H and O–H groups in total. The SMILES string of the molecule is Cc1ccccc1C(=O)N[C@H](C(=O)Nc1nc(-c2ccccc2)cs1)C(C)C. The van der Waals surface area contributed by atoms with Crippen LogP contribution >= 0.6 is 11.3 Å². The summed E-state index contributed by atoms with van der Waals surface area (Å²) in [6.07, 6.45) is 0. The number of anilines is 1. The summed E-state index contributed by atoms with van der Waals surface area (Å²) >= 11 is 1.36. The number of aryl methyl sites for hydroxylation is 1. The van der Waals surface area contributed by atoms with E-state index in [1.165, 1.54) is 11.3 Å². The van der Waals surface area contributed by atoms with E-state index in [2.05, 4.69) is 15.6 Å². The second-order valence-corrected chi connectivity index (χ2v) is 7.76. The second-order valence-electron chi connectivity index (χ2n) is 6.90. The average molecular weight is 394 g/mol. The molecule has 1 aromatic heterocycles. The molecule has 0 aliphatic rings. The van der Waals surface area contributed by atoms with E-state index >= 15 is 0 Å². The molecule has 1 atom stereocenters. The van der Waals surface area contributed by atoms with Crippen LogP contribution in [0.5, 0.6) is 0 Å². The Morgan fingerprint density at radius 2 is 1.68 bits per heavy atom. The molecule has 0 aliphatic heterocycles. The van der Waals surface area contributed by atoms with Crippen molar-refractivity contribution in [3.05, 3.63) is 71.1 Å². The van der Waals surface area contributed by atoms with E-state index in [1.54, 1.807) is 6.07 Å². The van der Waals surface area contributed by atoms with Gasteiger partial charge in [-0.1, -0.05) is 62.4 Å². The van der Waals surface area contributed by atoms with Gasteiger partial charge in [0.1, 0.15) is 6.04 Å². The van der Waals surface area contributed by atoms with Gasteiger partial charge < -0.3 is 10.6 Å². The molecule has 0 spiro atoms. The fraction of sp³-hybridized carbons (Fsp3) is 0.227. The van der Waals surface area contributed by atoms with Gasteiger partial charge in [0.25, 0.3) is 5.91 Å². The van der Waals surface area contributed by atoms with Crippen molar-refractivity contribution in [3.8, 4) is 11.3 Å². The molecule has 0 radical (unpaired) electrons. The fourth-order valence-electron chi connectivity index (χ4n) is 2.84. The van der Waals surface area contributed by atoms with E-state index in [1.807, 2.05) is 74.7 Å². The lowest BCUT2D eigenvalue weighted by Crippen LogP contribution is -2.47. The summed E-state index contributed by atoms with van der Waals surface area (Å²) in [5.41, 5.74) is 3.25. The van der Waals surface area contributed by atoms with Crippen LogP contribution in [0.1, 0.15) is 29.8 Å². The van der Waals surface area contributed by atoms with Crippen molar-refractivity contribution in [3.63, 3.8) is 0 Å². The van der Waals surface area contributed by atoms with Gasteiger partial charge in [0.15, 0.2) is 5.13 Å². The quantitative estimate of drug-likeness (QED) is 0.647. The molecule has 144 valence electrons. The number of benzene rings is 2. The normalized spacial score (nSPS) is 11.9. The summed E-state index contributed by atoms with van der Waals surface area (Å²) in [6, 6.07) is 16.5. The van der Waals surface area contributed by atoms with E-state index in [9.17, 15) is 9.59 Å². The zero-order chi connectivity index (χ0) is 20.1. The Hall–Kier alpha value is -2.99. The molecule has 0 unspecified atom stereocenters. The maximum absolute atomic E-state index is 12.8. The topological polar surface area (TPSA) is 71.1 Å². The first kappa shape index (κ1) is 19.8. The Labute approximate surface area is 168 Å². The summed E-state index contributed by atoms with van der Waals surface area (Å²) in [7, 11) is 0. The van der Waals surface area contributed by atoms with E-state index in [0.717, 1.165) is 16.8 Å². The number of nitrogens with one attached hydrogen (secondary N) is 2. The minimum absolute atomic E-state index is 0.0680. The Balaban J connectivity index is 1.71. The fourth-order valence-corrected chi connectivity index (χ4v) is 3.56. The molecular weight excluding hydrogens is 370 g/mol. The molecule has 3 aromatic rings. The molecule has 28 heavy (non-hydrogen) atoms. The standard InChI is InChI=1S/C22H23N3O2S/c1-14(2)19(24-20(26)17-12-8-7-9-15(17)3)21(27)25-22-23-18(13-28-22)16-10-5-4-6-11-16/h4-14,19H,1-3H3,(H,24,26)(H,23,25,27)/t19-/m0/s1. The molecule has 0 saturated heterocycles. The zero-order valence-electron chi connectivity index (χ0n) is 16.1. The Bertz CT molecular complexity index is 967. The average Bonchev–Trinajstić information content (AvgIpc) is 3.15. The number of carbonyl (C=O) groups is 2. The maximum Gasteiger partial charge on any atom is 0.252 e. The van der Waals surface area contributed by atoms with Crippen molar-refractivity contribution < 1.29 is 9.59 Å². The predicted molar refractivity (Wildman–Crippen MR) is 113 cm³/mol. The minimum Gasteiger partial charge on any atom is -0.340 e. The number of aromatic nitrogens is 1. The highest BCUT2D eigenvalue weighted by Gasteiger charge is 2.26. The van der Waals surface area contributed by atoms with Crippen molar-refractivity contribution >= 4 is 28.3 Å². The van der Waals surface area contributed by atoms with Crippen LogP contribution in [-0.4, -0.2) is 22.8 Å². The van der Waals surface area contributed by atoms with E-state index in [0.29, 0.717) is 10.7 Å². The van der Waals surface area contributed by atoms with Crippen LogP contribution in [0.3, 0.4) is 0 Å². The van der Waals surface area contributed by atoms with Crippen LogP contribution in [0.2, 0.25) is 0 Å². The van der Waals surface area contributed by atoms with Crippen molar-refractivity contribution in [1.29, 1.82) is 0 Å². The van der Waals surface area contributed by atoms with E-state index in [4.69, 9.17) is 0 Å². The third-order valence-electron chi connectivity index (χ3n) is 4.43. The lowest BCUT2D eigenvalue weighted by molar-refractivity contribution is -0.118. The molecule has 2 amide bonds. The Morgan fingerprint density at radius 1 is 1.00 bits per heavy atom. The Morgan fingerprint density at radius 3 is 2.36 bits per heavy atom. The summed E-state index contributed by atoms with van der Waals surface area (Å²) in [5.74, 6) is -0.594. The summed E-state index contributed by atoms with van der Waals surface area (Å²) in [6.45, 7) is 5.68. The summed E-state index contributed by atoms with van der Waals surface area (Å²) < 4.78 is 0. The molecule has 6 heteroatoms. The third kappa shape index (κ3) is 4.64. The van der Waals surface area contributed by atoms with E-state index in [-0.39, 0.29) is 17.7 Å². The van der Waals surface area contributed by atoms with Gasteiger partial charge in [0.2, 0.25) is 5.91 Å². The number of rotatable bonds is 6. The molecule has 0 fully saturated rings. The first-order chi connectivity index (χ1) is 13.5. The van der Waals surface area contributed by atoms with Gasteiger partial charge in [-0.2, -0.15) is 0 Å². The van der Waals surface area contributed by atoms with Crippen LogP contribution in [0, 0.1) is 12.8 Å². The van der Waals surface area contributed by atoms with Crippen LogP contribution in [0.25, 0.3) is 11.3 Å². The highest BCUT2D eigenvalue weighted by molar-refractivity contribution is 7.14. The number of hydrogen-bond donors (Lipinski definition) is 2. The number of hydrogen-bond acceptors (Lipinski definition) is 4. The van der Waals surface area contributed by atoms with Crippen molar-refractivity contribution in [2.24, 2.45) is 5.92 Å². The van der Waals surface area contributed by atoms with Crippen LogP contribution in [0.15, 0.2) is 60.0 Å². The maximum atomic E-state index is 12.8. The third-order valence-corrected chi connectivity index (χ3v) is 5.19. The number of nitrogens with zero attached hydrogens (tertiary/aromatic N) is 1. The van der Waals surface area contributed by atoms with E-state index < -0.39 is 6.04 Å². The van der Waals surface area contributed by atoms with Crippen LogP contribution in [0.4, 0.5) is 5.13 Å². The number of carbonyl (C=O) groups excluding carboxylic acids is 2. The number of amides is 2. The molecule has 0 bridgehead atoms. The van der Waals surface area contributed by atoms with Crippen LogP contribution in [-0.2, 0) is 4.79 Å². The van der Waals surface area contributed by atoms with Crippen molar-refractivity contribution in [2.45, 2.75) is 26.8 Å².